The van der Waals surface area contributed by atoms with E-state index in [-0.39, 0.29) is 0 Å². The van der Waals surface area contributed by atoms with Crippen LogP contribution < -0.4 is 14.8 Å². The summed E-state index contributed by atoms with van der Waals surface area (Å²) in [4.78, 5) is 2.60. The molecule has 2 aliphatic heterocycles. The van der Waals surface area contributed by atoms with E-state index in [0.717, 1.165) is 17.2 Å². The maximum atomic E-state index is 5.43. The molecule has 2 fully saturated rings. The molecule has 3 rings (SSSR count). The Bertz CT molecular complexity index is 450. The summed E-state index contributed by atoms with van der Waals surface area (Å²) < 4.78 is 10.7. The molecule has 2 saturated heterocycles. The highest BCUT2D eigenvalue weighted by Crippen LogP contribution is 2.34. The van der Waals surface area contributed by atoms with Gasteiger partial charge in [-0.2, -0.15) is 0 Å². The van der Waals surface area contributed by atoms with Crippen LogP contribution in [0.5, 0.6) is 11.5 Å². The molecule has 19 heavy (non-hydrogen) atoms. The molecule has 4 heteroatoms. The van der Waals surface area contributed by atoms with E-state index in [9.17, 15) is 0 Å². The average Bonchev–Trinajstić information content (AvgIpc) is 3.03. The van der Waals surface area contributed by atoms with Crippen LogP contribution in [0.15, 0.2) is 18.2 Å². The van der Waals surface area contributed by atoms with Gasteiger partial charge < -0.3 is 14.8 Å². The lowest BCUT2D eigenvalue weighted by molar-refractivity contribution is 0.318. The number of nitrogens with zero attached hydrogens (tertiary/aromatic N) is 1. The molecule has 0 spiro atoms. The standard InChI is InChI=1S/C15H22N2O2/c1-18-11-5-6-15(19-2)13(10-11)16-12-7-9-17-8-3-4-14(12)17/h5-6,10,12,14,16H,3-4,7-9H2,1-2H3. The lowest BCUT2D eigenvalue weighted by atomic mass is 10.1. The van der Waals surface area contributed by atoms with Crippen molar-refractivity contribution in [2.75, 3.05) is 32.6 Å². The van der Waals surface area contributed by atoms with Gasteiger partial charge in [-0.05, 0) is 37.9 Å². The molecule has 1 N–H and O–H groups in total. The number of methoxy groups -OCH3 is 2. The van der Waals surface area contributed by atoms with Gasteiger partial charge in [-0.1, -0.05) is 0 Å². The Kier molecular flexibility index (Phi) is 3.51. The molecule has 1 aromatic carbocycles. The van der Waals surface area contributed by atoms with Crippen LogP contribution in [0, 0.1) is 0 Å². The topological polar surface area (TPSA) is 33.7 Å². The second-order valence-electron chi connectivity index (χ2n) is 5.35. The van der Waals surface area contributed by atoms with E-state index in [0.29, 0.717) is 12.1 Å². The van der Waals surface area contributed by atoms with Gasteiger partial charge in [0.2, 0.25) is 0 Å². The van der Waals surface area contributed by atoms with Crippen molar-refractivity contribution in [3.05, 3.63) is 18.2 Å². The molecule has 2 heterocycles. The number of benzene rings is 1. The first-order valence-electron chi connectivity index (χ1n) is 7.04. The number of rotatable bonds is 4. The summed E-state index contributed by atoms with van der Waals surface area (Å²) in [5.74, 6) is 1.75. The van der Waals surface area contributed by atoms with E-state index < -0.39 is 0 Å². The Hall–Kier alpha value is -1.42. The maximum Gasteiger partial charge on any atom is 0.142 e. The van der Waals surface area contributed by atoms with Gasteiger partial charge in [0.1, 0.15) is 11.5 Å². The van der Waals surface area contributed by atoms with Gasteiger partial charge >= 0.3 is 0 Å². The van der Waals surface area contributed by atoms with E-state index in [1.54, 1.807) is 14.2 Å². The third-order valence-corrected chi connectivity index (χ3v) is 4.35. The minimum atomic E-state index is 0.531. The Balaban J connectivity index is 1.78. The Morgan fingerprint density at radius 1 is 1.16 bits per heavy atom. The summed E-state index contributed by atoms with van der Waals surface area (Å²) in [7, 11) is 3.41. The second kappa shape index (κ2) is 5.29. The number of hydrogen-bond donors (Lipinski definition) is 1. The van der Waals surface area contributed by atoms with Gasteiger partial charge in [0.15, 0.2) is 0 Å². The molecule has 0 bridgehead atoms. The molecule has 2 aliphatic rings. The molecule has 0 radical (unpaired) electrons. The fraction of sp³-hybridized carbons (Fsp3) is 0.600. The number of anilines is 1. The normalized spacial score (nSPS) is 26.2. The fourth-order valence-corrected chi connectivity index (χ4v) is 3.38. The molecule has 104 valence electrons. The quantitative estimate of drug-likeness (QED) is 0.903. The van der Waals surface area contributed by atoms with Gasteiger partial charge in [0, 0.05) is 24.7 Å². The van der Waals surface area contributed by atoms with E-state index in [4.69, 9.17) is 9.47 Å². The second-order valence-corrected chi connectivity index (χ2v) is 5.35. The number of fused-ring (bicyclic) bond motifs is 1. The lowest BCUT2D eigenvalue weighted by Gasteiger charge is -2.23. The summed E-state index contributed by atoms with van der Waals surface area (Å²) >= 11 is 0. The zero-order valence-corrected chi connectivity index (χ0v) is 11.7. The number of hydrogen-bond acceptors (Lipinski definition) is 4. The van der Waals surface area contributed by atoms with Gasteiger partial charge in [0.25, 0.3) is 0 Å². The summed E-state index contributed by atoms with van der Waals surface area (Å²) in [5, 5.41) is 3.66. The molecule has 2 atom stereocenters. The largest absolute Gasteiger partial charge is 0.497 e. The van der Waals surface area contributed by atoms with Crippen LogP contribution in [0.4, 0.5) is 5.69 Å². The minimum absolute atomic E-state index is 0.531. The molecule has 4 nitrogen and oxygen atoms in total. The summed E-state index contributed by atoms with van der Waals surface area (Å²) in [6.45, 7) is 2.48. The van der Waals surface area contributed by atoms with Crippen LogP contribution in [0.1, 0.15) is 19.3 Å². The summed E-state index contributed by atoms with van der Waals surface area (Å²) in [5.41, 5.74) is 1.04. The first-order chi connectivity index (χ1) is 9.31. The Morgan fingerprint density at radius 3 is 2.84 bits per heavy atom. The number of nitrogens with one attached hydrogen (secondary N) is 1. The highest BCUT2D eigenvalue weighted by molar-refractivity contribution is 5.60. The van der Waals surface area contributed by atoms with Crippen molar-refractivity contribution in [2.45, 2.75) is 31.3 Å². The molecule has 1 aromatic rings. The Labute approximate surface area is 114 Å². The van der Waals surface area contributed by atoms with Gasteiger partial charge in [-0.15, -0.1) is 0 Å². The van der Waals surface area contributed by atoms with Crippen molar-refractivity contribution >= 4 is 5.69 Å². The van der Waals surface area contributed by atoms with Crippen LogP contribution in [-0.2, 0) is 0 Å². The van der Waals surface area contributed by atoms with Crippen molar-refractivity contribution in [1.29, 1.82) is 0 Å². The van der Waals surface area contributed by atoms with Crippen molar-refractivity contribution in [1.82, 2.24) is 4.90 Å². The first kappa shape index (κ1) is 12.6. The molecular weight excluding hydrogens is 240 g/mol. The molecule has 0 amide bonds. The van der Waals surface area contributed by atoms with Crippen LogP contribution >= 0.6 is 0 Å². The highest BCUT2D eigenvalue weighted by atomic mass is 16.5. The third-order valence-electron chi connectivity index (χ3n) is 4.35. The van der Waals surface area contributed by atoms with Crippen LogP contribution in [0.3, 0.4) is 0 Å². The molecule has 0 aromatic heterocycles. The van der Waals surface area contributed by atoms with Crippen LogP contribution in [0.25, 0.3) is 0 Å². The lowest BCUT2D eigenvalue weighted by Crippen LogP contribution is -2.33. The Morgan fingerprint density at radius 2 is 2.05 bits per heavy atom. The maximum absolute atomic E-state index is 5.43. The van der Waals surface area contributed by atoms with Crippen molar-refractivity contribution < 1.29 is 9.47 Å². The van der Waals surface area contributed by atoms with Gasteiger partial charge in [-0.3, -0.25) is 4.90 Å². The smallest absolute Gasteiger partial charge is 0.142 e. The van der Waals surface area contributed by atoms with Crippen LogP contribution in [0.2, 0.25) is 0 Å². The predicted molar refractivity (Wildman–Crippen MR) is 76.2 cm³/mol. The number of ether oxygens (including phenoxy) is 2. The predicted octanol–water partition coefficient (Wildman–Crippen LogP) is 2.35. The SMILES string of the molecule is COc1ccc(OC)c(NC2CCN3CCCC23)c1. The summed E-state index contributed by atoms with van der Waals surface area (Å²) in [6, 6.07) is 7.14. The monoisotopic (exact) mass is 262 g/mol. The van der Waals surface area contributed by atoms with Crippen LogP contribution in [-0.4, -0.2) is 44.3 Å². The van der Waals surface area contributed by atoms with Crippen molar-refractivity contribution in [3.8, 4) is 11.5 Å². The third kappa shape index (κ3) is 2.37. The van der Waals surface area contributed by atoms with E-state index >= 15 is 0 Å². The molecule has 2 unspecified atom stereocenters. The molecule has 0 saturated carbocycles. The van der Waals surface area contributed by atoms with E-state index in [1.807, 2.05) is 18.2 Å². The first-order valence-corrected chi connectivity index (χ1v) is 7.04. The summed E-state index contributed by atoms with van der Waals surface area (Å²) in [6.07, 6.45) is 3.85. The van der Waals surface area contributed by atoms with Crippen molar-refractivity contribution in [3.63, 3.8) is 0 Å². The van der Waals surface area contributed by atoms with Gasteiger partial charge in [-0.25, -0.2) is 0 Å². The van der Waals surface area contributed by atoms with E-state index in [2.05, 4.69) is 10.2 Å². The minimum Gasteiger partial charge on any atom is -0.497 e. The zero-order chi connectivity index (χ0) is 13.2. The average molecular weight is 262 g/mol. The fourth-order valence-electron chi connectivity index (χ4n) is 3.38. The zero-order valence-electron chi connectivity index (χ0n) is 11.7. The van der Waals surface area contributed by atoms with Crippen molar-refractivity contribution in [2.24, 2.45) is 0 Å². The molecule has 0 aliphatic carbocycles. The molecular formula is C15H22N2O2. The highest BCUT2D eigenvalue weighted by Gasteiger charge is 2.37. The van der Waals surface area contributed by atoms with E-state index in [1.165, 1.54) is 32.4 Å². The van der Waals surface area contributed by atoms with Gasteiger partial charge in [0.05, 0.1) is 19.9 Å².